The molecule has 13 rings (SSSR count). The van der Waals surface area contributed by atoms with E-state index in [4.69, 9.17) is 0 Å². The fourth-order valence-electron chi connectivity index (χ4n) is 10.5. The van der Waals surface area contributed by atoms with Crippen LogP contribution < -0.4 is 9.80 Å². The van der Waals surface area contributed by atoms with Crippen LogP contribution in [0.3, 0.4) is 0 Å². The van der Waals surface area contributed by atoms with E-state index < -0.39 is 0 Å². The molecule has 67 heavy (non-hydrogen) atoms. The standard InChI is InChI=1S/C63H44N2S2/c1-63(2)57-39-49(64(45-13-5-3-6-14-45)47-27-21-41(22-28-47)43-25-35-61-55(37-43)53-17-9-11-19-59(53)66-61)31-33-51(57)52-34-32-50(40-58(52)63)65(46-15-7-4-8-16-46)48-29-23-42(24-30-48)44-26-36-62-56(38-44)54-18-10-12-20-60(54)67-62/h3-40H,1-2H3. The highest BCUT2D eigenvalue weighted by Gasteiger charge is 2.37. The van der Waals surface area contributed by atoms with Crippen LogP contribution in [0.4, 0.5) is 34.1 Å². The van der Waals surface area contributed by atoms with Crippen molar-refractivity contribution in [2.45, 2.75) is 19.3 Å². The molecule has 0 radical (unpaired) electrons. The van der Waals surface area contributed by atoms with E-state index in [0.717, 1.165) is 34.1 Å². The first kappa shape index (κ1) is 39.6. The highest BCUT2D eigenvalue weighted by atomic mass is 32.1. The lowest BCUT2D eigenvalue weighted by molar-refractivity contribution is 0.660. The van der Waals surface area contributed by atoms with Crippen LogP contribution in [0.25, 0.3) is 73.7 Å². The molecule has 0 saturated carbocycles. The fraction of sp³-hybridized carbons (Fsp3) is 0.0476. The molecule has 2 nitrogen and oxygen atoms in total. The summed E-state index contributed by atoms with van der Waals surface area (Å²) in [5, 5.41) is 5.29. The van der Waals surface area contributed by atoms with Crippen LogP contribution >= 0.6 is 22.7 Å². The molecule has 2 aromatic heterocycles. The van der Waals surface area contributed by atoms with Gasteiger partial charge in [0.25, 0.3) is 0 Å². The Morgan fingerprint density at radius 1 is 0.284 bits per heavy atom. The minimum Gasteiger partial charge on any atom is -0.310 e. The van der Waals surface area contributed by atoms with Crippen molar-refractivity contribution in [3.63, 3.8) is 0 Å². The van der Waals surface area contributed by atoms with E-state index in [2.05, 4.69) is 254 Å². The third-order valence-corrected chi connectivity index (χ3v) is 16.2. The molecule has 2 heterocycles. The van der Waals surface area contributed by atoms with E-state index in [1.54, 1.807) is 0 Å². The molecule has 10 aromatic carbocycles. The quantitative estimate of drug-likeness (QED) is 0.150. The summed E-state index contributed by atoms with van der Waals surface area (Å²) < 4.78 is 5.31. The molecule has 1 aliphatic rings. The van der Waals surface area contributed by atoms with Gasteiger partial charge in [0.15, 0.2) is 0 Å². The monoisotopic (exact) mass is 892 g/mol. The number of thiophene rings is 2. The lowest BCUT2D eigenvalue weighted by atomic mass is 9.82. The van der Waals surface area contributed by atoms with Gasteiger partial charge in [-0.3, -0.25) is 0 Å². The van der Waals surface area contributed by atoms with Crippen LogP contribution in [0.1, 0.15) is 25.0 Å². The van der Waals surface area contributed by atoms with Gasteiger partial charge in [-0.2, -0.15) is 0 Å². The fourth-order valence-corrected chi connectivity index (χ4v) is 12.6. The Morgan fingerprint density at radius 3 is 1.06 bits per heavy atom. The number of nitrogens with zero attached hydrogens (tertiary/aromatic N) is 2. The number of hydrogen-bond acceptors (Lipinski definition) is 4. The molecule has 0 N–H and O–H groups in total. The first-order valence-corrected chi connectivity index (χ1v) is 24.6. The number of para-hydroxylation sites is 2. The Labute approximate surface area is 398 Å². The van der Waals surface area contributed by atoms with Gasteiger partial charge >= 0.3 is 0 Å². The second kappa shape index (κ2) is 15.7. The van der Waals surface area contributed by atoms with Crippen molar-refractivity contribution in [1.82, 2.24) is 0 Å². The Morgan fingerprint density at radius 2 is 0.627 bits per heavy atom. The van der Waals surface area contributed by atoms with Crippen LogP contribution in [-0.4, -0.2) is 0 Å². The van der Waals surface area contributed by atoms with Crippen molar-refractivity contribution < 1.29 is 0 Å². The normalized spacial score (nSPS) is 12.7. The number of anilines is 6. The molecule has 4 heteroatoms. The van der Waals surface area contributed by atoms with E-state index >= 15 is 0 Å². The zero-order chi connectivity index (χ0) is 44.6. The largest absolute Gasteiger partial charge is 0.310 e. The zero-order valence-corrected chi connectivity index (χ0v) is 38.8. The second-order valence-electron chi connectivity index (χ2n) is 18.1. The van der Waals surface area contributed by atoms with E-state index in [1.807, 2.05) is 22.7 Å². The van der Waals surface area contributed by atoms with Crippen molar-refractivity contribution in [2.75, 3.05) is 9.80 Å². The van der Waals surface area contributed by atoms with E-state index in [1.165, 1.54) is 84.9 Å². The van der Waals surface area contributed by atoms with E-state index in [9.17, 15) is 0 Å². The van der Waals surface area contributed by atoms with Crippen LogP contribution in [-0.2, 0) is 5.41 Å². The van der Waals surface area contributed by atoms with Gasteiger partial charge in [0.05, 0.1) is 0 Å². The SMILES string of the molecule is CC1(C)c2cc(N(c3ccccc3)c3ccc(-c4ccc5sc6ccccc6c5c4)cc3)ccc2-c2ccc(N(c3ccccc3)c3ccc(-c4ccc5sc6ccccc6c5c4)cc3)cc21. The van der Waals surface area contributed by atoms with Gasteiger partial charge in [0.2, 0.25) is 0 Å². The predicted molar refractivity (Wildman–Crippen MR) is 290 cm³/mol. The molecular weight excluding hydrogens is 849 g/mol. The average Bonchev–Trinajstić information content (AvgIpc) is 4.02. The molecule has 318 valence electrons. The van der Waals surface area contributed by atoms with Crippen molar-refractivity contribution in [3.05, 3.63) is 242 Å². The summed E-state index contributed by atoms with van der Waals surface area (Å²) in [7, 11) is 0. The summed E-state index contributed by atoms with van der Waals surface area (Å²) in [4.78, 5) is 4.79. The Kier molecular flexibility index (Phi) is 9.28. The molecule has 0 saturated heterocycles. The summed E-state index contributed by atoms with van der Waals surface area (Å²) in [5.41, 5.74) is 16.7. The maximum absolute atomic E-state index is 2.43. The molecule has 0 atom stereocenters. The van der Waals surface area contributed by atoms with Crippen LogP contribution in [0.15, 0.2) is 231 Å². The van der Waals surface area contributed by atoms with Crippen LogP contribution in [0.2, 0.25) is 0 Å². The van der Waals surface area contributed by atoms with Gasteiger partial charge in [-0.1, -0.05) is 135 Å². The third-order valence-electron chi connectivity index (χ3n) is 13.9. The van der Waals surface area contributed by atoms with Crippen molar-refractivity contribution >= 4 is 97.1 Å². The van der Waals surface area contributed by atoms with E-state index in [-0.39, 0.29) is 5.41 Å². The summed E-state index contributed by atoms with van der Waals surface area (Å²) in [6.07, 6.45) is 0. The van der Waals surface area contributed by atoms with Crippen LogP contribution in [0.5, 0.6) is 0 Å². The molecule has 0 fully saturated rings. The molecular formula is C63H44N2S2. The van der Waals surface area contributed by atoms with E-state index in [0.29, 0.717) is 0 Å². The Balaban J connectivity index is 0.841. The summed E-state index contributed by atoms with van der Waals surface area (Å²) in [5.74, 6) is 0. The first-order chi connectivity index (χ1) is 32.9. The van der Waals surface area contributed by atoms with Gasteiger partial charge in [0, 0.05) is 79.9 Å². The maximum Gasteiger partial charge on any atom is 0.0465 e. The molecule has 0 unspecified atom stereocenters. The summed E-state index contributed by atoms with van der Waals surface area (Å²) in [6.45, 7) is 4.77. The lowest BCUT2D eigenvalue weighted by Gasteiger charge is -2.29. The average molecular weight is 893 g/mol. The summed E-state index contributed by atoms with van der Waals surface area (Å²) in [6, 6.07) is 85.0. The van der Waals surface area contributed by atoms with Crippen LogP contribution in [0, 0.1) is 0 Å². The van der Waals surface area contributed by atoms with Gasteiger partial charge in [-0.05, 0) is 154 Å². The minimum absolute atomic E-state index is 0.246. The van der Waals surface area contributed by atoms with Crippen molar-refractivity contribution in [2.24, 2.45) is 0 Å². The van der Waals surface area contributed by atoms with Crippen molar-refractivity contribution in [3.8, 4) is 33.4 Å². The van der Waals surface area contributed by atoms with Crippen molar-refractivity contribution in [1.29, 1.82) is 0 Å². The zero-order valence-electron chi connectivity index (χ0n) is 37.2. The molecule has 0 aliphatic heterocycles. The molecule has 0 bridgehead atoms. The van der Waals surface area contributed by atoms with Gasteiger partial charge in [0.1, 0.15) is 0 Å². The smallest absolute Gasteiger partial charge is 0.0465 e. The lowest BCUT2D eigenvalue weighted by Crippen LogP contribution is -2.17. The maximum atomic E-state index is 2.43. The topological polar surface area (TPSA) is 6.48 Å². The first-order valence-electron chi connectivity index (χ1n) is 23.0. The number of rotatable bonds is 8. The molecule has 12 aromatic rings. The van der Waals surface area contributed by atoms with Gasteiger partial charge < -0.3 is 9.80 Å². The predicted octanol–water partition coefficient (Wildman–Crippen LogP) is 19.0. The molecule has 0 spiro atoms. The number of benzene rings is 10. The summed E-state index contributed by atoms with van der Waals surface area (Å²) >= 11 is 3.73. The second-order valence-corrected chi connectivity index (χ2v) is 20.3. The highest BCUT2D eigenvalue weighted by Crippen LogP contribution is 2.53. The Hall–Kier alpha value is -7.76. The molecule has 0 amide bonds. The number of fused-ring (bicyclic) bond motifs is 9. The van der Waals surface area contributed by atoms with Gasteiger partial charge in [-0.25, -0.2) is 0 Å². The minimum atomic E-state index is -0.246. The van der Waals surface area contributed by atoms with Gasteiger partial charge in [-0.15, -0.1) is 22.7 Å². The molecule has 1 aliphatic carbocycles. The Bertz CT molecular complexity index is 3570. The highest BCUT2D eigenvalue weighted by molar-refractivity contribution is 7.26. The third kappa shape index (κ3) is 6.67. The number of hydrogen-bond donors (Lipinski definition) is 0.